The standard InChI is InChI=1S/C9H10BrFN2O/c1-5-3-6(10)7(11)4-8(5)13-9(14)12-2/h3-4H,1-2H3,(H2,12,13,14). The van der Waals surface area contributed by atoms with Crippen molar-refractivity contribution in [3.8, 4) is 0 Å². The molecule has 3 nitrogen and oxygen atoms in total. The molecule has 0 atom stereocenters. The average molecular weight is 261 g/mol. The summed E-state index contributed by atoms with van der Waals surface area (Å²) < 4.78 is 13.5. The quantitative estimate of drug-likeness (QED) is 0.801. The number of rotatable bonds is 1. The molecule has 0 aliphatic heterocycles. The van der Waals surface area contributed by atoms with Gasteiger partial charge < -0.3 is 10.6 Å². The van der Waals surface area contributed by atoms with Gasteiger partial charge in [0, 0.05) is 12.7 Å². The third-order valence-electron chi connectivity index (χ3n) is 1.74. The lowest BCUT2D eigenvalue weighted by atomic mass is 10.2. The number of carbonyl (C=O) groups excluding carboxylic acids is 1. The first-order valence-electron chi connectivity index (χ1n) is 3.99. The van der Waals surface area contributed by atoms with Gasteiger partial charge in [0.1, 0.15) is 5.82 Å². The summed E-state index contributed by atoms with van der Waals surface area (Å²) in [4.78, 5) is 11.0. The third-order valence-corrected chi connectivity index (χ3v) is 2.35. The van der Waals surface area contributed by atoms with Crippen molar-refractivity contribution in [2.24, 2.45) is 0 Å². The van der Waals surface area contributed by atoms with Crippen LogP contribution in [0, 0.1) is 12.7 Å². The molecule has 0 saturated heterocycles. The monoisotopic (exact) mass is 260 g/mol. The summed E-state index contributed by atoms with van der Waals surface area (Å²) in [5.41, 5.74) is 1.26. The van der Waals surface area contributed by atoms with E-state index in [1.165, 1.54) is 13.1 Å². The van der Waals surface area contributed by atoms with Crippen LogP contribution in [0.25, 0.3) is 0 Å². The molecule has 0 spiro atoms. The zero-order chi connectivity index (χ0) is 10.7. The summed E-state index contributed by atoms with van der Waals surface area (Å²) in [5, 5.41) is 4.91. The molecule has 1 aromatic carbocycles. The van der Waals surface area contributed by atoms with Crippen LogP contribution in [-0.4, -0.2) is 13.1 Å². The molecule has 0 aromatic heterocycles. The zero-order valence-corrected chi connectivity index (χ0v) is 9.40. The summed E-state index contributed by atoms with van der Waals surface area (Å²) in [6, 6.07) is 2.52. The fraction of sp³-hybridized carbons (Fsp3) is 0.222. The van der Waals surface area contributed by atoms with Crippen molar-refractivity contribution in [1.29, 1.82) is 0 Å². The van der Waals surface area contributed by atoms with Gasteiger partial charge >= 0.3 is 6.03 Å². The smallest absolute Gasteiger partial charge is 0.318 e. The van der Waals surface area contributed by atoms with Gasteiger partial charge in [0.15, 0.2) is 0 Å². The molecule has 0 fully saturated rings. The van der Waals surface area contributed by atoms with E-state index in [2.05, 4.69) is 26.6 Å². The Morgan fingerprint density at radius 3 is 2.71 bits per heavy atom. The van der Waals surface area contributed by atoms with Crippen LogP contribution in [0.3, 0.4) is 0 Å². The van der Waals surface area contributed by atoms with E-state index in [-0.39, 0.29) is 6.03 Å². The first kappa shape index (κ1) is 11.0. The maximum atomic E-state index is 13.1. The highest BCUT2D eigenvalue weighted by Crippen LogP contribution is 2.23. The number of hydrogen-bond donors (Lipinski definition) is 2. The minimum Gasteiger partial charge on any atom is -0.341 e. The van der Waals surface area contributed by atoms with Gasteiger partial charge in [-0.2, -0.15) is 0 Å². The van der Waals surface area contributed by atoms with Gasteiger partial charge in [-0.1, -0.05) is 0 Å². The molecular weight excluding hydrogens is 251 g/mol. The number of benzene rings is 1. The van der Waals surface area contributed by atoms with Crippen LogP contribution in [0.2, 0.25) is 0 Å². The molecule has 5 heteroatoms. The molecule has 0 heterocycles. The Bertz CT molecular complexity index is 368. The maximum Gasteiger partial charge on any atom is 0.318 e. The minimum absolute atomic E-state index is 0.366. The number of carbonyl (C=O) groups is 1. The Kier molecular flexibility index (Phi) is 3.46. The lowest BCUT2D eigenvalue weighted by Gasteiger charge is -2.08. The van der Waals surface area contributed by atoms with Crippen LogP contribution in [-0.2, 0) is 0 Å². The van der Waals surface area contributed by atoms with E-state index in [0.29, 0.717) is 10.2 Å². The number of urea groups is 1. The first-order valence-corrected chi connectivity index (χ1v) is 4.78. The zero-order valence-electron chi connectivity index (χ0n) is 7.82. The lowest BCUT2D eigenvalue weighted by Crippen LogP contribution is -2.24. The Hall–Kier alpha value is -1.10. The van der Waals surface area contributed by atoms with E-state index < -0.39 is 5.82 Å². The molecule has 0 aliphatic rings. The average Bonchev–Trinajstić information content (AvgIpc) is 2.14. The van der Waals surface area contributed by atoms with Crippen molar-refractivity contribution in [1.82, 2.24) is 5.32 Å². The molecule has 0 aliphatic carbocycles. The molecule has 76 valence electrons. The predicted molar refractivity (Wildman–Crippen MR) is 56.9 cm³/mol. The highest BCUT2D eigenvalue weighted by Gasteiger charge is 2.06. The molecule has 0 unspecified atom stereocenters. The van der Waals surface area contributed by atoms with E-state index >= 15 is 0 Å². The van der Waals surface area contributed by atoms with Crippen molar-refractivity contribution >= 4 is 27.6 Å². The van der Waals surface area contributed by atoms with Crippen molar-refractivity contribution < 1.29 is 9.18 Å². The molecule has 14 heavy (non-hydrogen) atoms. The predicted octanol–water partition coefficient (Wildman–Crippen LogP) is 2.65. The van der Waals surface area contributed by atoms with E-state index in [0.717, 1.165) is 5.56 Å². The number of anilines is 1. The molecule has 0 saturated carbocycles. The second-order valence-electron chi connectivity index (χ2n) is 2.79. The van der Waals surface area contributed by atoms with Crippen molar-refractivity contribution in [3.63, 3.8) is 0 Å². The molecular formula is C9H10BrFN2O. The molecule has 1 rings (SSSR count). The van der Waals surface area contributed by atoms with Gasteiger partial charge in [0.05, 0.1) is 4.47 Å². The molecule has 0 radical (unpaired) electrons. The van der Waals surface area contributed by atoms with Gasteiger partial charge in [-0.15, -0.1) is 0 Å². The molecule has 1 aromatic rings. The highest BCUT2D eigenvalue weighted by molar-refractivity contribution is 9.10. The molecule has 2 N–H and O–H groups in total. The summed E-state index contributed by atoms with van der Waals surface area (Å²) in [6.45, 7) is 1.79. The van der Waals surface area contributed by atoms with Crippen molar-refractivity contribution in [2.75, 3.05) is 12.4 Å². The Morgan fingerprint density at radius 2 is 2.14 bits per heavy atom. The Balaban J connectivity index is 2.98. The first-order chi connectivity index (χ1) is 6.54. The number of nitrogens with one attached hydrogen (secondary N) is 2. The van der Waals surface area contributed by atoms with Gasteiger partial charge in [-0.3, -0.25) is 0 Å². The summed E-state index contributed by atoms with van der Waals surface area (Å²) in [7, 11) is 1.50. The fourth-order valence-corrected chi connectivity index (χ4v) is 1.42. The SMILES string of the molecule is CNC(=O)Nc1cc(F)c(Br)cc1C. The van der Waals surface area contributed by atoms with E-state index in [4.69, 9.17) is 0 Å². The summed E-state index contributed by atoms with van der Waals surface area (Å²) in [5.74, 6) is -0.401. The van der Waals surface area contributed by atoms with Crippen LogP contribution in [0.5, 0.6) is 0 Å². The minimum atomic E-state index is -0.401. The van der Waals surface area contributed by atoms with E-state index in [9.17, 15) is 9.18 Å². The number of amides is 2. The van der Waals surface area contributed by atoms with Gasteiger partial charge in [-0.25, -0.2) is 9.18 Å². The second-order valence-corrected chi connectivity index (χ2v) is 3.64. The van der Waals surface area contributed by atoms with Crippen molar-refractivity contribution in [2.45, 2.75) is 6.92 Å². The lowest BCUT2D eigenvalue weighted by molar-refractivity contribution is 0.254. The Labute approximate surface area is 89.8 Å². The van der Waals surface area contributed by atoms with Crippen LogP contribution in [0.15, 0.2) is 16.6 Å². The largest absolute Gasteiger partial charge is 0.341 e. The van der Waals surface area contributed by atoms with Gasteiger partial charge in [0.2, 0.25) is 0 Å². The van der Waals surface area contributed by atoms with Gasteiger partial charge in [-0.05, 0) is 40.5 Å². The van der Waals surface area contributed by atoms with Crippen LogP contribution in [0.4, 0.5) is 14.9 Å². The number of halogens is 2. The third kappa shape index (κ3) is 2.45. The van der Waals surface area contributed by atoms with Crippen molar-refractivity contribution in [3.05, 3.63) is 28.0 Å². The van der Waals surface area contributed by atoms with Gasteiger partial charge in [0.25, 0.3) is 0 Å². The topological polar surface area (TPSA) is 41.1 Å². The highest BCUT2D eigenvalue weighted by atomic mass is 79.9. The van der Waals surface area contributed by atoms with Crippen LogP contribution in [0.1, 0.15) is 5.56 Å². The maximum absolute atomic E-state index is 13.1. The van der Waals surface area contributed by atoms with Crippen LogP contribution < -0.4 is 10.6 Å². The van der Waals surface area contributed by atoms with E-state index in [1.54, 1.807) is 13.0 Å². The van der Waals surface area contributed by atoms with E-state index in [1.807, 2.05) is 0 Å². The fourth-order valence-electron chi connectivity index (χ4n) is 0.966. The summed E-state index contributed by atoms with van der Waals surface area (Å²) in [6.07, 6.45) is 0. The second kappa shape index (κ2) is 4.41. The molecule has 2 amide bonds. The normalized spacial score (nSPS) is 9.71. The number of aryl methyl sites for hydroxylation is 1. The molecule has 0 bridgehead atoms. The van der Waals surface area contributed by atoms with Crippen LogP contribution >= 0.6 is 15.9 Å². The Morgan fingerprint density at radius 1 is 1.50 bits per heavy atom. The number of hydrogen-bond acceptors (Lipinski definition) is 1. The summed E-state index contributed by atoms with van der Waals surface area (Å²) >= 11 is 3.06.